The van der Waals surface area contributed by atoms with Crippen molar-refractivity contribution in [2.75, 3.05) is 0 Å². The van der Waals surface area contributed by atoms with Gasteiger partial charge in [-0.25, -0.2) is 0 Å². The molecule has 5 rings (SSSR count). The fourth-order valence-corrected chi connectivity index (χ4v) is 4.86. The zero-order valence-corrected chi connectivity index (χ0v) is 23.5. The van der Waals surface area contributed by atoms with Crippen molar-refractivity contribution in [3.8, 4) is 28.7 Å². The normalized spacial score (nSPS) is 12.1. The summed E-state index contributed by atoms with van der Waals surface area (Å²) in [7, 11) is 0. The van der Waals surface area contributed by atoms with E-state index in [-0.39, 0.29) is 17.3 Å². The van der Waals surface area contributed by atoms with Gasteiger partial charge in [0, 0.05) is 11.1 Å². The Bertz CT molecular complexity index is 1740. The maximum Gasteiger partial charge on any atom is 0.411 e. The summed E-state index contributed by atoms with van der Waals surface area (Å²) in [5.74, 6) is 0.634. The molecule has 5 aromatic rings. The van der Waals surface area contributed by atoms with E-state index in [4.69, 9.17) is 9.47 Å². The van der Waals surface area contributed by atoms with Crippen LogP contribution in [0.15, 0.2) is 121 Å². The molecule has 45 heavy (non-hydrogen) atoms. The minimum atomic E-state index is -5.76. The van der Waals surface area contributed by atoms with Crippen molar-refractivity contribution in [1.82, 2.24) is 0 Å². The molecule has 0 aliphatic carbocycles. The standard InChI is InChI=1S/C35H24F6O4/c1-22-2-14-28(15-3-22)44-29-16-4-23(5-17-29)32(43)24-6-18-30(19-7-24)45-31-20-10-26(11-21-31)33(34(36,37)38,35(39,40)41)25-8-12-27(42)13-9-25/h2-21,42H,1H3. The van der Waals surface area contributed by atoms with E-state index in [9.17, 15) is 36.2 Å². The first-order valence-corrected chi connectivity index (χ1v) is 13.5. The van der Waals surface area contributed by atoms with E-state index in [0.717, 1.165) is 29.8 Å². The lowest BCUT2D eigenvalue weighted by atomic mass is 9.73. The molecule has 0 aliphatic heterocycles. The number of rotatable bonds is 8. The van der Waals surface area contributed by atoms with Gasteiger partial charge in [-0.05, 0) is 103 Å². The van der Waals surface area contributed by atoms with Gasteiger partial charge in [0.15, 0.2) is 5.78 Å². The number of phenols is 1. The van der Waals surface area contributed by atoms with Crippen LogP contribution in [-0.4, -0.2) is 23.2 Å². The van der Waals surface area contributed by atoms with Crippen molar-refractivity contribution in [3.63, 3.8) is 0 Å². The summed E-state index contributed by atoms with van der Waals surface area (Å²) in [6, 6.07) is 26.1. The number of aryl methyl sites for hydroxylation is 1. The number of alkyl halides is 6. The molecule has 4 nitrogen and oxygen atoms in total. The van der Waals surface area contributed by atoms with Crippen LogP contribution in [-0.2, 0) is 5.41 Å². The smallest absolute Gasteiger partial charge is 0.411 e. The Morgan fingerprint density at radius 3 is 1.18 bits per heavy atom. The maximum absolute atomic E-state index is 14.3. The van der Waals surface area contributed by atoms with E-state index in [1.807, 2.05) is 31.2 Å². The molecule has 0 radical (unpaired) electrons. The Morgan fingerprint density at radius 2 is 0.822 bits per heavy atom. The van der Waals surface area contributed by atoms with Crippen molar-refractivity contribution in [2.45, 2.75) is 24.7 Å². The molecule has 0 aromatic heterocycles. The van der Waals surface area contributed by atoms with E-state index >= 15 is 0 Å². The van der Waals surface area contributed by atoms with Crippen molar-refractivity contribution < 1.29 is 45.7 Å². The predicted molar refractivity (Wildman–Crippen MR) is 155 cm³/mol. The van der Waals surface area contributed by atoms with E-state index in [1.165, 1.54) is 24.3 Å². The number of ether oxygens (including phenoxy) is 2. The molecule has 0 aliphatic rings. The number of hydrogen-bond acceptors (Lipinski definition) is 4. The number of halogens is 6. The van der Waals surface area contributed by atoms with E-state index < -0.39 is 34.6 Å². The molecule has 0 atom stereocenters. The highest BCUT2D eigenvalue weighted by molar-refractivity contribution is 6.09. The summed E-state index contributed by atoms with van der Waals surface area (Å²) in [6.07, 6.45) is -11.5. The van der Waals surface area contributed by atoms with Gasteiger partial charge in [-0.3, -0.25) is 4.79 Å². The highest BCUT2D eigenvalue weighted by Gasteiger charge is 2.72. The van der Waals surface area contributed by atoms with Crippen LogP contribution < -0.4 is 9.47 Å². The Kier molecular flexibility index (Phi) is 8.34. The minimum absolute atomic E-state index is 0.0223. The third-order valence-electron chi connectivity index (χ3n) is 7.16. The quantitative estimate of drug-likeness (QED) is 0.138. The van der Waals surface area contributed by atoms with Crippen LogP contribution in [0, 0.1) is 6.92 Å². The SMILES string of the molecule is Cc1ccc(Oc2ccc(C(=O)c3ccc(Oc4ccc(C(c5ccc(O)cc5)(C(F)(F)F)C(F)(F)F)cc4)cc3)cc2)cc1. The van der Waals surface area contributed by atoms with Crippen molar-refractivity contribution in [3.05, 3.63) is 149 Å². The molecule has 0 bridgehead atoms. The van der Waals surface area contributed by atoms with Crippen LogP contribution in [0.25, 0.3) is 0 Å². The zero-order valence-electron chi connectivity index (χ0n) is 23.5. The molecule has 0 fully saturated rings. The number of carbonyl (C=O) groups is 1. The second-order valence-electron chi connectivity index (χ2n) is 10.2. The summed E-state index contributed by atoms with van der Waals surface area (Å²) in [5.41, 5.74) is -4.68. The Balaban J connectivity index is 1.31. The average molecular weight is 623 g/mol. The van der Waals surface area contributed by atoms with Gasteiger partial charge in [-0.15, -0.1) is 0 Å². The lowest BCUT2D eigenvalue weighted by Gasteiger charge is -2.38. The number of benzene rings is 5. The second kappa shape index (κ2) is 12.0. The molecule has 0 spiro atoms. The van der Waals surface area contributed by atoms with Crippen LogP contribution >= 0.6 is 0 Å². The molecule has 5 aromatic carbocycles. The van der Waals surface area contributed by atoms with Crippen molar-refractivity contribution in [2.24, 2.45) is 0 Å². The molecule has 0 unspecified atom stereocenters. The Morgan fingerprint density at radius 1 is 0.511 bits per heavy atom. The Labute approximate surface area is 254 Å². The van der Waals surface area contributed by atoms with Gasteiger partial charge in [0.2, 0.25) is 5.41 Å². The van der Waals surface area contributed by atoms with Gasteiger partial charge in [-0.2, -0.15) is 26.3 Å². The van der Waals surface area contributed by atoms with Gasteiger partial charge in [0.05, 0.1) is 0 Å². The number of phenolic OH excluding ortho intramolecular Hbond substituents is 1. The van der Waals surface area contributed by atoms with Crippen molar-refractivity contribution >= 4 is 5.78 Å². The topological polar surface area (TPSA) is 55.8 Å². The molecular weight excluding hydrogens is 598 g/mol. The molecule has 0 heterocycles. The molecular formula is C35H24F6O4. The molecule has 10 heteroatoms. The zero-order chi connectivity index (χ0) is 32.4. The van der Waals surface area contributed by atoms with Crippen LogP contribution in [0.3, 0.4) is 0 Å². The molecule has 0 saturated heterocycles. The lowest BCUT2D eigenvalue weighted by Crippen LogP contribution is -2.54. The molecule has 1 N–H and O–H groups in total. The number of aromatic hydroxyl groups is 1. The minimum Gasteiger partial charge on any atom is -0.508 e. The largest absolute Gasteiger partial charge is 0.508 e. The number of carbonyl (C=O) groups excluding carboxylic acids is 1. The number of ketones is 1. The highest BCUT2D eigenvalue weighted by Crippen LogP contribution is 2.56. The average Bonchev–Trinajstić information content (AvgIpc) is 2.99. The first-order chi connectivity index (χ1) is 21.3. The van der Waals surface area contributed by atoms with Crippen LogP contribution in [0.5, 0.6) is 28.7 Å². The van der Waals surface area contributed by atoms with Crippen LogP contribution in [0.2, 0.25) is 0 Å². The van der Waals surface area contributed by atoms with Crippen LogP contribution in [0.1, 0.15) is 32.6 Å². The van der Waals surface area contributed by atoms with E-state index in [0.29, 0.717) is 46.9 Å². The number of hydrogen-bond donors (Lipinski definition) is 1. The van der Waals surface area contributed by atoms with Gasteiger partial charge in [-0.1, -0.05) is 42.0 Å². The van der Waals surface area contributed by atoms with Crippen molar-refractivity contribution in [1.29, 1.82) is 0 Å². The fourth-order valence-electron chi connectivity index (χ4n) is 4.86. The summed E-state index contributed by atoms with van der Waals surface area (Å²) < 4.78 is 97.2. The van der Waals surface area contributed by atoms with E-state index in [1.54, 1.807) is 24.3 Å². The molecule has 230 valence electrons. The fraction of sp³-hybridized carbons (Fsp3) is 0.114. The summed E-state index contributed by atoms with van der Waals surface area (Å²) in [4.78, 5) is 13.0. The third kappa shape index (κ3) is 6.35. The lowest BCUT2D eigenvalue weighted by molar-refractivity contribution is -0.288. The van der Waals surface area contributed by atoms with Gasteiger partial charge < -0.3 is 14.6 Å². The first kappa shape index (κ1) is 31.2. The molecule has 0 amide bonds. The van der Waals surface area contributed by atoms with Gasteiger partial charge in [0.25, 0.3) is 0 Å². The third-order valence-corrected chi connectivity index (χ3v) is 7.16. The monoisotopic (exact) mass is 622 g/mol. The second-order valence-corrected chi connectivity index (χ2v) is 10.2. The summed E-state index contributed by atoms with van der Waals surface area (Å²) >= 11 is 0. The first-order valence-electron chi connectivity index (χ1n) is 13.5. The summed E-state index contributed by atoms with van der Waals surface area (Å²) in [5, 5.41) is 9.44. The molecule has 0 saturated carbocycles. The van der Waals surface area contributed by atoms with Gasteiger partial charge >= 0.3 is 12.4 Å². The Hall–Kier alpha value is -5.25. The maximum atomic E-state index is 14.3. The van der Waals surface area contributed by atoms with E-state index in [2.05, 4.69) is 0 Å². The van der Waals surface area contributed by atoms with Gasteiger partial charge in [0.1, 0.15) is 28.7 Å². The highest BCUT2D eigenvalue weighted by atomic mass is 19.4. The predicted octanol–water partition coefficient (Wildman–Crippen LogP) is 9.93. The summed E-state index contributed by atoms with van der Waals surface area (Å²) in [6.45, 7) is 1.97. The van der Waals surface area contributed by atoms with Crippen LogP contribution in [0.4, 0.5) is 26.3 Å².